The summed E-state index contributed by atoms with van der Waals surface area (Å²) in [6.45, 7) is 0.278. The van der Waals surface area contributed by atoms with Gasteiger partial charge in [-0.2, -0.15) is 0 Å². The first-order chi connectivity index (χ1) is 12.1. The van der Waals surface area contributed by atoms with E-state index >= 15 is 0 Å². The molecule has 0 radical (unpaired) electrons. The van der Waals surface area contributed by atoms with E-state index < -0.39 is 0 Å². The molecule has 0 aliphatic carbocycles. The zero-order valence-corrected chi connectivity index (χ0v) is 13.6. The van der Waals surface area contributed by atoms with Gasteiger partial charge >= 0.3 is 0 Å². The van der Waals surface area contributed by atoms with Gasteiger partial charge in [0.15, 0.2) is 5.78 Å². The fourth-order valence-corrected chi connectivity index (χ4v) is 2.81. The van der Waals surface area contributed by atoms with E-state index in [1.165, 1.54) is 11.0 Å². The maximum atomic E-state index is 12.3. The molecule has 3 rings (SSSR count). The molecule has 2 aromatic rings. The van der Waals surface area contributed by atoms with Crippen molar-refractivity contribution in [3.63, 3.8) is 0 Å². The number of rotatable bonds is 6. The van der Waals surface area contributed by atoms with E-state index in [0.29, 0.717) is 35.2 Å². The van der Waals surface area contributed by atoms with Crippen LogP contribution in [0.15, 0.2) is 66.4 Å². The van der Waals surface area contributed by atoms with E-state index in [-0.39, 0.29) is 24.1 Å². The Hall–Kier alpha value is -3.21. The van der Waals surface area contributed by atoms with Crippen molar-refractivity contribution >= 4 is 17.6 Å². The van der Waals surface area contributed by atoms with Crippen LogP contribution in [0.5, 0.6) is 0 Å². The van der Waals surface area contributed by atoms with Gasteiger partial charge in [-0.3, -0.25) is 19.3 Å². The molecule has 0 atom stereocenters. The number of ketones is 1. The van der Waals surface area contributed by atoms with Crippen LogP contribution in [0, 0.1) is 0 Å². The topological polar surface area (TPSA) is 80.5 Å². The summed E-state index contributed by atoms with van der Waals surface area (Å²) in [7, 11) is 0. The summed E-state index contributed by atoms with van der Waals surface area (Å²) in [6, 6.07) is 15.7. The summed E-state index contributed by atoms with van der Waals surface area (Å²) < 4.78 is 0. The molecular formula is C20H18N2O3. The number of hydrogen-bond acceptors (Lipinski definition) is 4. The minimum Gasteiger partial charge on any atom is -0.402 e. The third-order valence-electron chi connectivity index (χ3n) is 4.10. The van der Waals surface area contributed by atoms with E-state index in [1.807, 2.05) is 6.07 Å². The monoisotopic (exact) mass is 334 g/mol. The minimum absolute atomic E-state index is 0.154. The van der Waals surface area contributed by atoms with Gasteiger partial charge in [0.1, 0.15) is 0 Å². The summed E-state index contributed by atoms with van der Waals surface area (Å²) in [6.07, 6.45) is 2.35. The molecule has 0 aromatic heterocycles. The third kappa shape index (κ3) is 3.50. The Kier molecular flexibility index (Phi) is 4.75. The van der Waals surface area contributed by atoms with E-state index in [9.17, 15) is 14.4 Å². The molecule has 1 aliphatic rings. The van der Waals surface area contributed by atoms with E-state index in [4.69, 9.17) is 5.73 Å². The second kappa shape index (κ2) is 7.13. The number of nitrogens with zero attached hydrogens (tertiary/aromatic N) is 1. The summed E-state index contributed by atoms with van der Waals surface area (Å²) in [4.78, 5) is 37.8. The first-order valence-corrected chi connectivity index (χ1v) is 8.08. The van der Waals surface area contributed by atoms with Crippen molar-refractivity contribution in [2.75, 3.05) is 6.54 Å². The zero-order valence-electron chi connectivity index (χ0n) is 13.6. The molecule has 1 aliphatic heterocycles. The van der Waals surface area contributed by atoms with E-state index in [0.717, 1.165) is 0 Å². The molecule has 0 spiro atoms. The highest BCUT2D eigenvalue weighted by molar-refractivity contribution is 6.21. The standard InChI is InChI=1S/C20H18N2O3/c21-15(13-18(23)14-7-2-1-3-8-14)9-6-12-22-19(24)16-10-4-5-11-17(16)20(22)25/h1-5,7-8,10-11,13H,6,9,12,21H2/b15-13-. The number of allylic oxidation sites excluding steroid dienone is 2. The van der Waals surface area contributed by atoms with Crippen LogP contribution in [0.1, 0.15) is 43.9 Å². The molecule has 0 fully saturated rings. The third-order valence-corrected chi connectivity index (χ3v) is 4.10. The quantitative estimate of drug-likeness (QED) is 0.500. The first kappa shape index (κ1) is 16.6. The maximum Gasteiger partial charge on any atom is 0.261 e. The number of imide groups is 1. The van der Waals surface area contributed by atoms with Crippen LogP contribution in [0.4, 0.5) is 0 Å². The van der Waals surface area contributed by atoms with Crippen molar-refractivity contribution in [3.05, 3.63) is 83.1 Å². The summed E-state index contributed by atoms with van der Waals surface area (Å²) in [5.41, 5.74) is 7.79. The highest BCUT2D eigenvalue weighted by Gasteiger charge is 2.34. The van der Waals surface area contributed by atoms with Crippen molar-refractivity contribution in [1.29, 1.82) is 0 Å². The van der Waals surface area contributed by atoms with Gasteiger partial charge in [0.25, 0.3) is 11.8 Å². The van der Waals surface area contributed by atoms with Gasteiger partial charge < -0.3 is 5.73 Å². The highest BCUT2D eigenvalue weighted by atomic mass is 16.2. The predicted octanol–water partition coefficient (Wildman–Crippen LogP) is 2.79. The molecule has 126 valence electrons. The lowest BCUT2D eigenvalue weighted by atomic mass is 10.1. The average molecular weight is 334 g/mol. The Morgan fingerprint density at radius 1 is 0.920 bits per heavy atom. The Balaban J connectivity index is 1.57. The number of carbonyl (C=O) groups is 3. The Morgan fingerprint density at radius 3 is 2.08 bits per heavy atom. The number of nitrogens with two attached hydrogens (primary N) is 1. The number of benzene rings is 2. The molecule has 5 heteroatoms. The SMILES string of the molecule is N/C(=C\C(=O)c1ccccc1)CCCN1C(=O)c2ccccc2C1=O. The van der Waals surface area contributed by atoms with Gasteiger partial charge in [0.05, 0.1) is 11.1 Å². The first-order valence-electron chi connectivity index (χ1n) is 8.08. The molecule has 2 aromatic carbocycles. The molecule has 5 nitrogen and oxygen atoms in total. The number of amides is 2. The van der Waals surface area contributed by atoms with Crippen molar-refractivity contribution in [2.45, 2.75) is 12.8 Å². The second-order valence-electron chi connectivity index (χ2n) is 5.86. The summed E-state index contributed by atoms with van der Waals surface area (Å²) in [5, 5.41) is 0. The van der Waals surface area contributed by atoms with Crippen LogP contribution in [0.2, 0.25) is 0 Å². The fourth-order valence-electron chi connectivity index (χ4n) is 2.81. The highest BCUT2D eigenvalue weighted by Crippen LogP contribution is 2.22. The molecule has 1 heterocycles. The van der Waals surface area contributed by atoms with Gasteiger partial charge in [0.2, 0.25) is 0 Å². The molecule has 0 saturated carbocycles. The van der Waals surface area contributed by atoms with Crippen molar-refractivity contribution in [1.82, 2.24) is 4.90 Å². The lowest BCUT2D eigenvalue weighted by molar-refractivity contribution is 0.0652. The molecule has 2 N–H and O–H groups in total. The average Bonchev–Trinajstić information content (AvgIpc) is 2.87. The molecular weight excluding hydrogens is 316 g/mol. The predicted molar refractivity (Wildman–Crippen MR) is 94.1 cm³/mol. The Labute approximate surface area is 145 Å². The van der Waals surface area contributed by atoms with Crippen molar-refractivity contribution in [3.8, 4) is 0 Å². The second-order valence-corrected chi connectivity index (χ2v) is 5.86. The Morgan fingerprint density at radius 2 is 1.48 bits per heavy atom. The van der Waals surface area contributed by atoms with Gasteiger partial charge in [-0.1, -0.05) is 42.5 Å². The van der Waals surface area contributed by atoms with Gasteiger partial charge in [-0.15, -0.1) is 0 Å². The van der Waals surface area contributed by atoms with Crippen molar-refractivity contribution in [2.24, 2.45) is 5.73 Å². The van der Waals surface area contributed by atoms with Gasteiger partial charge in [0, 0.05) is 23.9 Å². The van der Waals surface area contributed by atoms with Crippen LogP contribution in [0.3, 0.4) is 0 Å². The van der Waals surface area contributed by atoms with Gasteiger partial charge in [-0.25, -0.2) is 0 Å². The lowest BCUT2D eigenvalue weighted by Crippen LogP contribution is -2.30. The molecule has 25 heavy (non-hydrogen) atoms. The normalized spacial score (nSPS) is 13.9. The Bertz CT molecular complexity index is 821. The van der Waals surface area contributed by atoms with Crippen molar-refractivity contribution < 1.29 is 14.4 Å². The summed E-state index contributed by atoms with van der Waals surface area (Å²) in [5.74, 6) is -0.703. The molecule has 0 saturated heterocycles. The van der Waals surface area contributed by atoms with E-state index in [2.05, 4.69) is 0 Å². The van der Waals surface area contributed by atoms with Crippen LogP contribution >= 0.6 is 0 Å². The van der Waals surface area contributed by atoms with Gasteiger partial charge in [-0.05, 0) is 25.0 Å². The number of fused-ring (bicyclic) bond motifs is 1. The molecule has 0 unspecified atom stereocenters. The maximum absolute atomic E-state index is 12.3. The number of carbonyl (C=O) groups excluding carboxylic acids is 3. The smallest absolute Gasteiger partial charge is 0.261 e. The summed E-state index contributed by atoms with van der Waals surface area (Å²) >= 11 is 0. The molecule has 0 bridgehead atoms. The van der Waals surface area contributed by atoms with E-state index in [1.54, 1.807) is 48.5 Å². The molecule has 2 amide bonds. The van der Waals surface area contributed by atoms with Crippen LogP contribution in [-0.4, -0.2) is 29.0 Å². The largest absolute Gasteiger partial charge is 0.402 e. The minimum atomic E-state index is -0.275. The fraction of sp³-hybridized carbons (Fsp3) is 0.150. The van der Waals surface area contributed by atoms with Crippen LogP contribution in [-0.2, 0) is 0 Å². The van der Waals surface area contributed by atoms with Crippen LogP contribution in [0.25, 0.3) is 0 Å². The van der Waals surface area contributed by atoms with Crippen LogP contribution < -0.4 is 5.73 Å². The number of hydrogen-bond donors (Lipinski definition) is 1. The lowest BCUT2D eigenvalue weighted by Gasteiger charge is -2.13. The zero-order chi connectivity index (χ0) is 17.8.